The zero-order chi connectivity index (χ0) is 13.6. The van der Waals surface area contributed by atoms with E-state index in [2.05, 4.69) is 13.0 Å². The summed E-state index contributed by atoms with van der Waals surface area (Å²) in [4.78, 5) is 0. The number of aliphatic hydroxyl groups is 1. The number of hydrogen-bond donors (Lipinski definition) is 1. The Morgan fingerprint density at radius 3 is 2.28 bits per heavy atom. The monoisotopic (exact) mass is 250 g/mol. The lowest BCUT2D eigenvalue weighted by Gasteiger charge is -2.51. The van der Waals surface area contributed by atoms with Crippen LogP contribution in [-0.2, 0) is 10.2 Å². The fraction of sp³-hybridized carbons (Fsp3) is 0.600. The smallest absolute Gasteiger partial charge is 0.123 e. The SMILES string of the molecule is COc1cc(C)cc(C)c1C1(C(C)(C)O)COC1. The lowest BCUT2D eigenvalue weighted by atomic mass is 9.65. The summed E-state index contributed by atoms with van der Waals surface area (Å²) in [5.74, 6) is 0.845. The van der Waals surface area contributed by atoms with Crippen molar-refractivity contribution in [2.75, 3.05) is 20.3 Å². The molecule has 2 rings (SSSR count). The fourth-order valence-electron chi connectivity index (χ4n) is 2.81. The second kappa shape index (κ2) is 4.25. The Morgan fingerprint density at radius 1 is 1.28 bits per heavy atom. The van der Waals surface area contributed by atoms with Crippen molar-refractivity contribution in [1.82, 2.24) is 0 Å². The van der Waals surface area contributed by atoms with Gasteiger partial charge >= 0.3 is 0 Å². The third-order valence-corrected chi connectivity index (χ3v) is 4.01. The highest BCUT2D eigenvalue weighted by Gasteiger charge is 2.53. The summed E-state index contributed by atoms with van der Waals surface area (Å²) in [6, 6.07) is 4.15. The minimum Gasteiger partial charge on any atom is -0.496 e. The van der Waals surface area contributed by atoms with Gasteiger partial charge in [0, 0.05) is 5.56 Å². The predicted molar refractivity (Wildman–Crippen MR) is 71.3 cm³/mol. The van der Waals surface area contributed by atoms with Crippen molar-refractivity contribution in [2.24, 2.45) is 0 Å². The van der Waals surface area contributed by atoms with Gasteiger partial charge in [0.05, 0.1) is 31.3 Å². The van der Waals surface area contributed by atoms with Gasteiger partial charge in [-0.1, -0.05) is 6.07 Å². The van der Waals surface area contributed by atoms with Crippen molar-refractivity contribution < 1.29 is 14.6 Å². The standard InChI is InChI=1S/C15H22O3/c1-10-6-11(2)13(12(7-10)17-5)15(8-18-9-15)14(3,4)16/h6-7,16H,8-9H2,1-5H3. The Labute approximate surface area is 109 Å². The van der Waals surface area contributed by atoms with Crippen LogP contribution < -0.4 is 4.74 Å². The van der Waals surface area contributed by atoms with Gasteiger partial charge in [0.25, 0.3) is 0 Å². The zero-order valence-electron chi connectivity index (χ0n) is 11.8. The summed E-state index contributed by atoms with van der Waals surface area (Å²) in [5.41, 5.74) is 2.19. The van der Waals surface area contributed by atoms with Crippen LogP contribution in [0.5, 0.6) is 5.75 Å². The first-order valence-electron chi connectivity index (χ1n) is 6.28. The second-order valence-electron chi connectivity index (χ2n) is 5.79. The van der Waals surface area contributed by atoms with Crippen LogP contribution in [0.4, 0.5) is 0 Å². The van der Waals surface area contributed by atoms with E-state index in [0.29, 0.717) is 13.2 Å². The van der Waals surface area contributed by atoms with Gasteiger partial charge in [-0.25, -0.2) is 0 Å². The van der Waals surface area contributed by atoms with Crippen LogP contribution in [0.25, 0.3) is 0 Å². The lowest BCUT2D eigenvalue weighted by molar-refractivity contribution is -0.158. The van der Waals surface area contributed by atoms with Gasteiger partial charge in [-0.2, -0.15) is 0 Å². The molecule has 1 heterocycles. The van der Waals surface area contributed by atoms with E-state index in [1.165, 1.54) is 5.56 Å². The molecule has 3 heteroatoms. The van der Waals surface area contributed by atoms with Crippen LogP contribution in [-0.4, -0.2) is 31.0 Å². The van der Waals surface area contributed by atoms with E-state index in [-0.39, 0.29) is 5.41 Å². The quantitative estimate of drug-likeness (QED) is 0.895. The summed E-state index contributed by atoms with van der Waals surface area (Å²) >= 11 is 0. The van der Waals surface area contributed by atoms with Gasteiger partial charge in [0.2, 0.25) is 0 Å². The Hall–Kier alpha value is -1.06. The number of ether oxygens (including phenoxy) is 2. The Morgan fingerprint density at radius 2 is 1.89 bits per heavy atom. The van der Waals surface area contributed by atoms with Crippen molar-refractivity contribution >= 4 is 0 Å². The van der Waals surface area contributed by atoms with Gasteiger partial charge in [0.1, 0.15) is 5.75 Å². The van der Waals surface area contributed by atoms with Crippen molar-refractivity contribution in [1.29, 1.82) is 0 Å². The van der Waals surface area contributed by atoms with Crippen molar-refractivity contribution in [3.63, 3.8) is 0 Å². The molecule has 0 unspecified atom stereocenters. The molecule has 1 aliphatic rings. The van der Waals surface area contributed by atoms with E-state index >= 15 is 0 Å². The Balaban J connectivity index is 2.63. The van der Waals surface area contributed by atoms with Crippen LogP contribution in [0.3, 0.4) is 0 Å². The van der Waals surface area contributed by atoms with Gasteiger partial charge in [-0.15, -0.1) is 0 Å². The molecule has 1 aliphatic heterocycles. The summed E-state index contributed by atoms with van der Waals surface area (Å²) in [5, 5.41) is 10.5. The summed E-state index contributed by atoms with van der Waals surface area (Å²) in [7, 11) is 1.68. The Bertz CT molecular complexity index is 454. The third-order valence-electron chi connectivity index (χ3n) is 4.01. The van der Waals surface area contributed by atoms with E-state index < -0.39 is 5.60 Å². The molecule has 0 radical (unpaired) electrons. The molecule has 1 aromatic carbocycles. The zero-order valence-corrected chi connectivity index (χ0v) is 11.8. The van der Waals surface area contributed by atoms with Crippen LogP contribution in [0, 0.1) is 13.8 Å². The minimum atomic E-state index is -0.835. The first kappa shape index (κ1) is 13.4. The maximum absolute atomic E-state index is 10.5. The number of benzene rings is 1. The molecule has 0 aromatic heterocycles. The van der Waals surface area contributed by atoms with Gasteiger partial charge in [-0.3, -0.25) is 0 Å². The molecule has 0 spiro atoms. The topological polar surface area (TPSA) is 38.7 Å². The van der Waals surface area contributed by atoms with Crippen molar-refractivity contribution in [2.45, 2.75) is 38.7 Å². The van der Waals surface area contributed by atoms with Gasteiger partial charge in [0.15, 0.2) is 0 Å². The van der Waals surface area contributed by atoms with Gasteiger partial charge in [-0.05, 0) is 44.9 Å². The maximum Gasteiger partial charge on any atom is 0.123 e. The van der Waals surface area contributed by atoms with E-state index in [9.17, 15) is 5.11 Å². The third kappa shape index (κ3) is 1.82. The molecule has 3 nitrogen and oxygen atoms in total. The summed E-state index contributed by atoms with van der Waals surface area (Å²) < 4.78 is 10.9. The molecule has 0 aliphatic carbocycles. The molecular formula is C15H22O3. The number of hydrogen-bond acceptors (Lipinski definition) is 3. The average Bonchev–Trinajstić information content (AvgIpc) is 2.16. The molecule has 0 amide bonds. The summed E-state index contributed by atoms with van der Waals surface area (Å²) in [6.45, 7) is 8.88. The van der Waals surface area contributed by atoms with Crippen molar-refractivity contribution in [3.05, 3.63) is 28.8 Å². The lowest BCUT2D eigenvalue weighted by Crippen LogP contribution is -2.61. The first-order chi connectivity index (χ1) is 8.32. The average molecular weight is 250 g/mol. The van der Waals surface area contributed by atoms with E-state index in [4.69, 9.17) is 9.47 Å². The number of rotatable bonds is 3. The molecule has 1 aromatic rings. The summed E-state index contributed by atoms with van der Waals surface area (Å²) in [6.07, 6.45) is 0. The maximum atomic E-state index is 10.5. The van der Waals surface area contributed by atoms with E-state index in [0.717, 1.165) is 16.9 Å². The van der Waals surface area contributed by atoms with Gasteiger partial charge < -0.3 is 14.6 Å². The molecule has 0 atom stereocenters. The molecule has 18 heavy (non-hydrogen) atoms. The second-order valence-corrected chi connectivity index (χ2v) is 5.79. The predicted octanol–water partition coefficient (Wildman–Crippen LogP) is 2.35. The normalized spacial score (nSPS) is 18.3. The molecule has 1 N–H and O–H groups in total. The number of methoxy groups -OCH3 is 1. The minimum absolute atomic E-state index is 0.365. The van der Waals surface area contributed by atoms with Crippen LogP contribution in [0.2, 0.25) is 0 Å². The van der Waals surface area contributed by atoms with Crippen LogP contribution in [0.1, 0.15) is 30.5 Å². The van der Waals surface area contributed by atoms with Crippen LogP contribution in [0.15, 0.2) is 12.1 Å². The molecular weight excluding hydrogens is 228 g/mol. The first-order valence-corrected chi connectivity index (χ1v) is 6.28. The molecule has 1 fully saturated rings. The highest BCUT2D eigenvalue weighted by molar-refractivity contribution is 5.50. The Kier molecular flexibility index (Phi) is 3.16. The van der Waals surface area contributed by atoms with E-state index in [1.807, 2.05) is 26.8 Å². The fourth-order valence-corrected chi connectivity index (χ4v) is 2.81. The highest BCUT2D eigenvalue weighted by Crippen LogP contribution is 2.47. The molecule has 0 saturated carbocycles. The molecule has 100 valence electrons. The largest absolute Gasteiger partial charge is 0.496 e. The highest BCUT2D eigenvalue weighted by atomic mass is 16.5. The molecule has 0 bridgehead atoms. The van der Waals surface area contributed by atoms with Crippen molar-refractivity contribution in [3.8, 4) is 5.75 Å². The number of aryl methyl sites for hydroxylation is 2. The van der Waals surface area contributed by atoms with E-state index in [1.54, 1.807) is 7.11 Å². The molecule has 1 saturated heterocycles. The van der Waals surface area contributed by atoms with Crippen LogP contribution >= 0.6 is 0 Å².